The van der Waals surface area contributed by atoms with E-state index in [1.807, 2.05) is 12.1 Å². The third-order valence-corrected chi connectivity index (χ3v) is 7.23. The molecule has 3 aromatic carbocycles. The van der Waals surface area contributed by atoms with E-state index in [0.29, 0.717) is 30.3 Å². The molecular formula is C29H27F3N4O. The molecule has 0 bridgehead atoms. The molecule has 4 aromatic rings. The van der Waals surface area contributed by atoms with Crippen LogP contribution < -0.4 is 14.5 Å². The molecule has 0 aliphatic carbocycles. The number of rotatable bonds is 5. The number of anilines is 2. The Bertz CT molecular complexity index is 1400. The number of ether oxygens (including phenoxy) is 1. The summed E-state index contributed by atoms with van der Waals surface area (Å²) in [5.41, 5.74) is 1.67. The van der Waals surface area contributed by atoms with Crippen LogP contribution in [0.25, 0.3) is 10.9 Å². The summed E-state index contributed by atoms with van der Waals surface area (Å²) in [7, 11) is 0. The van der Waals surface area contributed by atoms with Gasteiger partial charge in [0.2, 0.25) is 5.95 Å². The summed E-state index contributed by atoms with van der Waals surface area (Å²) < 4.78 is 47.0. The normalized spacial score (nSPS) is 20.0. The minimum atomic E-state index is -0.343. The number of benzene rings is 3. The molecular weight excluding hydrogens is 477 g/mol. The molecule has 37 heavy (non-hydrogen) atoms. The predicted octanol–water partition coefficient (Wildman–Crippen LogP) is 6.09. The van der Waals surface area contributed by atoms with Crippen molar-refractivity contribution in [2.24, 2.45) is 0 Å². The number of aromatic nitrogens is 2. The summed E-state index contributed by atoms with van der Waals surface area (Å²) in [5, 5.41) is 0.809. The van der Waals surface area contributed by atoms with Gasteiger partial charge in [0.1, 0.15) is 35.1 Å². The van der Waals surface area contributed by atoms with E-state index < -0.39 is 0 Å². The molecule has 190 valence electrons. The van der Waals surface area contributed by atoms with Gasteiger partial charge in [-0.15, -0.1) is 0 Å². The maximum absolute atomic E-state index is 14.2. The summed E-state index contributed by atoms with van der Waals surface area (Å²) >= 11 is 0. The first-order valence-electron chi connectivity index (χ1n) is 12.7. The second-order valence-electron chi connectivity index (χ2n) is 9.77. The van der Waals surface area contributed by atoms with Crippen LogP contribution in [0.4, 0.5) is 24.9 Å². The topological polar surface area (TPSA) is 41.5 Å². The van der Waals surface area contributed by atoms with Gasteiger partial charge in [0.05, 0.1) is 12.1 Å². The van der Waals surface area contributed by atoms with Crippen LogP contribution in [0, 0.1) is 17.5 Å². The van der Waals surface area contributed by atoms with Gasteiger partial charge in [0, 0.05) is 43.4 Å². The van der Waals surface area contributed by atoms with Gasteiger partial charge in [-0.05, 0) is 66.9 Å². The number of hydrogen-bond donors (Lipinski definition) is 0. The molecule has 1 aromatic heterocycles. The summed E-state index contributed by atoms with van der Waals surface area (Å²) in [4.78, 5) is 14.0. The van der Waals surface area contributed by atoms with Gasteiger partial charge in [0.15, 0.2) is 0 Å². The largest absolute Gasteiger partial charge is 0.489 e. The van der Waals surface area contributed by atoms with Gasteiger partial charge in [-0.1, -0.05) is 12.1 Å². The Morgan fingerprint density at radius 1 is 0.730 bits per heavy atom. The quantitative estimate of drug-likeness (QED) is 0.329. The average Bonchev–Trinajstić information content (AvgIpc) is 3.38. The van der Waals surface area contributed by atoms with E-state index in [9.17, 15) is 13.2 Å². The zero-order valence-corrected chi connectivity index (χ0v) is 20.3. The van der Waals surface area contributed by atoms with Gasteiger partial charge in [-0.2, -0.15) is 4.98 Å². The molecule has 8 heteroatoms. The summed E-state index contributed by atoms with van der Waals surface area (Å²) in [5.74, 6) is 1.32. The fourth-order valence-corrected chi connectivity index (χ4v) is 5.34. The number of piperidine rings is 1. The van der Waals surface area contributed by atoms with E-state index in [0.717, 1.165) is 49.1 Å². The summed E-state index contributed by atoms with van der Waals surface area (Å²) in [6.45, 7) is 2.85. The Balaban J connectivity index is 1.27. The van der Waals surface area contributed by atoms with Crippen molar-refractivity contribution < 1.29 is 17.9 Å². The van der Waals surface area contributed by atoms with Crippen LogP contribution in [0.15, 0.2) is 66.7 Å². The van der Waals surface area contributed by atoms with Crippen LogP contribution >= 0.6 is 0 Å². The van der Waals surface area contributed by atoms with Crippen LogP contribution in [0.1, 0.15) is 30.7 Å². The SMILES string of the molecule is Fc1ccc(OC2CCN(c3nc(N4CCCC(c5ccc(F)cc5)C4)c4ccc(F)cc4n3)C2)cc1. The second-order valence-corrected chi connectivity index (χ2v) is 9.77. The van der Waals surface area contributed by atoms with E-state index in [4.69, 9.17) is 14.7 Å². The standard InChI is InChI=1S/C29H27F3N4O/c30-21-5-3-19(4-6-21)20-2-1-14-35(17-20)28-26-12-9-23(32)16-27(26)33-29(34-28)36-15-13-25(18-36)37-24-10-7-22(31)8-11-24/h3-12,16,20,25H,1-2,13-15,17-18H2. The van der Waals surface area contributed by atoms with E-state index in [-0.39, 0.29) is 29.5 Å². The minimum Gasteiger partial charge on any atom is -0.489 e. The minimum absolute atomic E-state index is 0.0847. The van der Waals surface area contributed by atoms with Crippen molar-refractivity contribution in [2.75, 3.05) is 36.0 Å². The Labute approximate surface area is 213 Å². The lowest BCUT2D eigenvalue weighted by Crippen LogP contribution is -2.35. The lowest BCUT2D eigenvalue weighted by atomic mass is 9.90. The van der Waals surface area contributed by atoms with Crippen molar-refractivity contribution in [2.45, 2.75) is 31.3 Å². The average molecular weight is 505 g/mol. The lowest BCUT2D eigenvalue weighted by molar-refractivity contribution is 0.224. The van der Waals surface area contributed by atoms with Crippen LogP contribution in [-0.4, -0.2) is 42.3 Å². The zero-order valence-electron chi connectivity index (χ0n) is 20.3. The Morgan fingerprint density at radius 3 is 2.24 bits per heavy atom. The highest BCUT2D eigenvalue weighted by Gasteiger charge is 2.29. The molecule has 2 fully saturated rings. The van der Waals surface area contributed by atoms with Crippen molar-refractivity contribution in [1.82, 2.24) is 9.97 Å². The molecule has 2 aliphatic heterocycles. The number of nitrogens with zero attached hydrogens (tertiary/aromatic N) is 4. The van der Waals surface area contributed by atoms with Crippen molar-refractivity contribution in [1.29, 1.82) is 0 Å². The molecule has 2 unspecified atom stereocenters. The molecule has 3 heterocycles. The van der Waals surface area contributed by atoms with Crippen molar-refractivity contribution in [3.63, 3.8) is 0 Å². The lowest BCUT2D eigenvalue weighted by Gasteiger charge is -2.35. The molecule has 0 spiro atoms. The van der Waals surface area contributed by atoms with Crippen molar-refractivity contribution in [3.05, 3.63) is 89.7 Å². The first kappa shape index (κ1) is 23.6. The fraction of sp³-hybridized carbons (Fsp3) is 0.310. The van der Waals surface area contributed by atoms with Gasteiger partial charge in [-0.25, -0.2) is 18.2 Å². The second kappa shape index (κ2) is 9.92. The van der Waals surface area contributed by atoms with E-state index in [1.54, 1.807) is 18.2 Å². The van der Waals surface area contributed by atoms with Crippen LogP contribution in [0.5, 0.6) is 5.75 Å². The highest BCUT2D eigenvalue weighted by Crippen LogP contribution is 2.34. The third-order valence-electron chi connectivity index (χ3n) is 7.23. The van der Waals surface area contributed by atoms with E-state index in [1.165, 1.54) is 36.4 Å². The van der Waals surface area contributed by atoms with E-state index in [2.05, 4.69) is 9.80 Å². The number of fused-ring (bicyclic) bond motifs is 1. The number of halogens is 3. The summed E-state index contributed by atoms with van der Waals surface area (Å²) in [6.07, 6.45) is 2.68. The van der Waals surface area contributed by atoms with Gasteiger partial charge in [0.25, 0.3) is 0 Å². The van der Waals surface area contributed by atoms with Crippen LogP contribution in [-0.2, 0) is 0 Å². The van der Waals surface area contributed by atoms with Crippen molar-refractivity contribution in [3.8, 4) is 5.75 Å². The molecule has 2 saturated heterocycles. The highest BCUT2D eigenvalue weighted by molar-refractivity contribution is 5.90. The smallest absolute Gasteiger partial charge is 0.228 e. The Morgan fingerprint density at radius 2 is 1.46 bits per heavy atom. The molecule has 2 aliphatic rings. The molecule has 5 nitrogen and oxygen atoms in total. The van der Waals surface area contributed by atoms with Crippen molar-refractivity contribution >= 4 is 22.7 Å². The van der Waals surface area contributed by atoms with Gasteiger partial charge < -0.3 is 14.5 Å². The van der Waals surface area contributed by atoms with Gasteiger partial charge >= 0.3 is 0 Å². The monoisotopic (exact) mass is 504 g/mol. The van der Waals surface area contributed by atoms with Gasteiger partial charge in [-0.3, -0.25) is 0 Å². The maximum atomic E-state index is 14.2. The third kappa shape index (κ3) is 5.05. The molecule has 0 radical (unpaired) electrons. The molecule has 2 atom stereocenters. The van der Waals surface area contributed by atoms with Crippen LogP contribution in [0.3, 0.4) is 0 Å². The molecule has 6 rings (SSSR count). The Kier molecular flexibility index (Phi) is 6.32. The molecule has 0 amide bonds. The number of hydrogen-bond acceptors (Lipinski definition) is 5. The molecule has 0 saturated carbocycles. The summed E-state index contributed by atoms with van der Waals surface area (Å²) in [6, 6.07) is 17.4. The molecule has 0 N–H and O–H groups in total. The zero-order chi connectivity index (χ0) is 25.4. The first-order valence-corrected chi connectivity index (χ1v) is 12.7. The van der Waals surface area contributed by atoms with E-state index >= 15 is 0 Å². The highest BCUT2D eigenvalue weighted by atomic mass is 19.1. The maximum Gasteiger partial charge on any atom is 0.228 e. The Hall–Kier alpha value is -3.81. The predicted molar refractivity (Wildman–Crippen MR) is 138 cm³/mol. The van der Waals surface area contributed by atoms with Crippen LogP contribution in [0.2, 0.25) is 0 Å². The first-order chi connectivity index (χ1) is 18.0. The fourth-order valence-electron chi connectivity index (χ4n) is 5.34.